The first-order chi connectivity index (χ1) is 6.97. The molecule has 76 valence electrons. The molecule has 0 aromatic heterocycles. The molecule has 0 amide bonds. The molecule has 1 rings (SSSR count). The maximum atomic E-state index is 11.2. The van der Waals surface area contributed by atoms with Crippen LogP contribution in [0.15, 0.2) is 12.1 Å². The minimum atomic E-state index is -0.733. The number of hydrogen-bond donors (Lipinski definition) is 0. The van der Waals surface area contributed by atoms with Gasteiger partial charge in [0.25, 0.3) is 5.69 Å². The van der Waals surface area contributed by atoms with Crippen LogP contribution in [0.25, 0.3) is 0 Å². The van der Waals surface area contributed by atoms with Gasteiger partial charge in [0.05, 0.1) is 10.5 Å². The smallest absolute Gasteiger partial charge is 0.283 e. The number of carbonyl (C=O) groups excluding carboxylic acids is 1. The topological polar surface area (TPSA) is 84.0 Å². The summed E-state index contributed by atoms with van der Waals surface area (Å²) in [5.41, 5.74) is -0.722. The number of ketones is 1. The fourth-order valence-electron chi connectivity index (χ4n) is 1.19. The van der Waals surface area contributed by atoms with Crippen molar-refractivity contribution in [2.75, 3.05) is 0 Å². The summed E-state index contributed by atoms with van der Waals surface area (Å²) in [7, 11) is 0. The number of nitrogens with zero attached hydrogens (tertiary/aromatic N) is 2. The highest BCUT2D eigenvalue weighted by Gasteiger charge is 2.22. The second-order valence-corrected chi connectivity index (χ2v) is 3.21. The Morgan fingerprint density at radius 3 is 2.60 bits per heavy atom. The maximum Gasteiger partial charge on any atom is 0.283 e. The molecule has 0 N–H and O–H groups in total. The lowest BCUT2D eigenvalue weighted by Crippen LogP contribution is -2.03. The van der Waals surface area contributed by atoms with E-state index >= 15 is 0 Å². The van der Waals surface area contributed by atoms with E-state index in [9.17, 15) is 14.9 Å². The Bertz CT molecular complexity index is 491. The van der Waals surface area contributed by atoms with Crippen LogP contribution in [0.3, 0.4) is 0 Å². The van der Waals surface area contributed by atoms with Crippen LogP contribution in [0.5, 0.6) is 0 Å². The zero-order chi connectivity index (χ0) is 11.6. The number of Topliss-reactive ketones (excluding diaryl/α,β-unsaturated/α-hetero) is 1. The van der Waals surface area contributed by atoms with E-state index in [4.69, 9.17) is 16.9 Å². The summed E-state index contributed by atoms with van der Waals surface area (Å²) in [5, 5.41) is 19.4. The molecular weight excluding hydrogens is 220 g/mol. The fourth-order valence-corrected chi connectivity index (χ4v) is 1.41. The van der Waals surface area contributed by atoms with Crippen LogP contribution in [-0.2, 0) is 0 Å². The molecule has 0 saturated heterocycles. The molecule has 0 atom stereocenters. The maximum absolute atomic E-state index is 11.2. The molecule has 15 heavy (non-hydrogen) atoms. The third kappa shape index (κ3) is 2.11. The molecule has 0 saturated carbocycles. The molecule has 0 spiro atoms. The van der Waals surface area contributed by atoms with Gasteiger partial charge in [-0.05, 0) is 13.0 Å². The highest BCUT2D eigenvalue weighted by atomic mass is 35.5. The Labute approximate surface area is 90.0 Å². The standard InChI is InChI=1S/C9H5ClN2O3/c1-5(13)9-6(4-11)2-7(10)3-8(9)12(14)15/h2-3H,1H3. The number of hydrogen-bond acceptors (Lipinski definition) is 4. The van der Waals surface area contributed by atoms with E-state index in [1.807, 2.05) is 0 Å². The summed E-state index contributed by atoms with van der Waals surface area (Å²) >= 11 is 5.58. The van der Waals surface area contributed by atoms with Crippen LogP contribution in [0.1, 0.15) is 22.8 Å². The molecule has 0 aliphatic carbocycles. The number of benzene rings is 1. The van der Waals surface area contributed by atoms with Gasteiger partial charge in [0, 0.05) is 11.1 Å². The lowest BCUT2D eigenvalue weighted by molar-refractivity contribution is -0.385. The minimum Gasteiger partial charge on any atom is -0.294 e. The number of rotatable bonds is 2. The summed E-state index contributed by atoms with van der Waals surface area (Å²) in [4.78, 5) is 21.1. The monoisotopic (exact) mass is 224 g/mol. The van der Waals surface area contributed by atoms with Gasteiger partial charge in [0.1, 0.15) is 11.6 Å². The van der Waals surface area contributed by atoms with Crippen LogP contribution in [0.4, 0.5) is 5.69 Å². The highest BCUT2D eigenvalue weighted by Crippen LogP contribution is 2.27. The minimum absolute atomic E-state index is 0.0586. The van der Waals surface area contributed by atoms with Crippen molar-refractivity contribution in [3.63, 3.8) is 0 Å². The Hall–Kier alpha value is -1.93. The van der Waals surface area contributed by atoms with Crippen molar-refractivity contribution in [2.24, 2.45) is 0 Å². The first-order valence-corrected chi connectivity index (χ1v) is 4.24. The van der Waals surface area contributed by atoms with E-state index in [-0.39, 0.29) is 16.1 Å². The van der Waals surface area contributed by atoms with Gasteiger partial charge in [-0.3, -0.25) is 14.9 Å². The van der Waals surface area contributed by atoms with Gasteiger partial charge in [-0.25, -0.2) is 0 Å². The van der Waals surface area contributed by atoms with Crippen molar-refractivity contribution >= 4 is 23.1 Å². The molecule has 0 unspecified atom stereocenters. The molecule has 5 nitrogen and oxygen atoms in total. The van der Waals surface area contributed by atoms with Gasteiger partial charge in [-0.2, -0.15) is 5.26 Å². The molecule has 6 heteroatoms. The molecule has 0 aliphatic heterocycles. The van der Waals surface area contributed by atoms with Gasteiger partial charge >= 0.3 is 0 Å². The lowest BCUT2D eigenvalue weighted by atomic mass is 10.0. The Kier molecular flexibility index (Phi) is 3.02. The van der Waals surface area contributed by atoms with Crippen molar-refractivity contribution in [3.8, 4) is 6.07 Å². The fraction of sp³-hybridized carbons (Fsp3) is 0.111. The molecule has 0 radical (unpaired) electrons. The Morgan fingerprint density at radius 2 is 2.20 bits per heavy atom. The number of nitro benzene ring substituents is 1. The third-order valence-corrected chi connectivity index (χ3v) is 1.97. The van der Waals surface area contributed by atoms with Gasteiger partial charge < -0.3 is 0 Å². The van der Waals surface area contributed by atoms with Crippen molar-refractivity contribution in [2.45, 2.75) is 6.92 Å². The predicted molar refractivity (Wildman–Crippen MR) is 52.8 cm³/mol. The normalized spacial score (nSPS) is 9.40. The Balaban J connectivity index is 3.64. The van der Waals surface area contributed by atoms with Gasteiger partial charge in [-0.1, -0.05) is 11.6 Å². The number of carbonyl (C=O) groups is 1. The zero-order valence-corrected chi connectivity index (χ0v) is 8.41. The first-order valence-electron chi connectivity index (χ1n) is 3.86. The lowest BCUT2D eigenvalue weighted by Gasteiger charge is -2.01. The highest BCUT2D eigenvalue weighted by molar-refractivity contribution is 6.31. The largest absolute Gasteiger partial charge is 0.294 e. The Morgan fingerprint density at radius 1 is 1.60 bits per heavy atom. The zero-order valence-electron chi connectivity index (χ0n) is 7.65. The number of nitro groups is 1. The average Bonchev–Trinajstić information content (AvgIpc) is 2.15. The predicted octanol–water partition coefficient (Wildman–Crippen LogP) is 2.32. The molecule has 0 bridgehead atoms. The molecular formula is C9H5ClN2O3. The van der Waals surface area contributed by atoms with E-state index in [1.54, 1.807) is 6.07 Å². The van der Waals surface area contributed by atoms with Crippen LogP contribution in [0.2, 0.25) is 5.02 Å². The quantitative estimate of drug-likeness (QED) is 0.438. The van der Waals surface area contributed by atoms with Crippen molar-refractivity contribution in [3.05, 3.63) is 38.4 Å². The molecule has 0 heterocycles. The van der Waals surface area contributed by atoms with Crippen molar-refractivity contribution < 1.29 is 9.72 Å². The summed E-state index contributed by atoms with van der Waals surface area (Å²) in [5.74, 6) is -0.532. The van der Waals surface area contributed by atoms with Crippen LogP contribution >= 0.6 is 11.6 Å². The van der Waals surface area contributed by atoms with E-state index in [0.717, 1.165) is 13.0 Å². The number of halogens is 1. The summed E-state index contributed by atoms with van der Waals surface area (Å²) in [6.07, 6.45) is 0. The van der Waals surface area contributed by atoms with E-state index in [1.165, 1.54) is 6.07 Å². The summed E-state index contributed by atoms with van der Waals surface area (Å²) < 4.78 is 0. The van der Waals surface area contributed by atoms with E-state index in [2.05, 4.69) is 0 Å². The van der Waals surface area contributed by atoms with Gasteiger partial charge in [-0.15, -0.1) is 0 Å². The first kappa shape index (κ1) is 11.1. The molecule has 1 aromatic carbocycles. The molecule has 1 aromatic rings. The van der Waals surface area contributed by atoms with Crippen LogP contribution < -0.4 is 0 Å². The average molecular weight is 225 g/mol. The van der Waals surface area contributed by atoms with Crippen molar-refractivity contribution in [1.82, 2.24) is 0 Å². The van der Waals surface area contributed by atoms with E-state index < -0.39 is 16.4 Å². The molecule has 0 aliphatic rings. The SMILES string of the molecule is CC(=O)c1c(C#N)cc(Cl)cc1[N+](=O)[O-]. The second-order valence-electron chi connectivity index (χ2n) is 2.77. The van der Waals surface area contributed by atoms with Crippen LogP contribution in [-0.4, -0.2) is 10.7 Å². The van der Waals surface area contributed by atoms with E-state index in [0.29, 0.717) is 0 Å². The summed E-state index contributed by atoms with van der Waals surface area (Å²) in [6.45, 7) is 1.16. The van der Waals surface area contributed by atoms with Gasteiger partial charge in [0.15, 0.2) is 5.78 Å². The van der Waals surface area contributed by atoms with Crippen LogP contribution in [0, 0.1) is 21.4 Å². The second kappa shape index (κ2) is 4.07. The number of nitriles is 1. The van der Waals surface area contributed by atoms with Crippen molar-refractivity contribution in [1.29, 1.82) is 5.26 Å². The third-order valence-electron chi connectivity index (χ3n) is 1.75. The van der Waals surface area contributed by atoms with Gasteiger partial charge in [0.2, 0.25) is 0 Å². The molecule has 0 fully saturated rings. The summed E-state index contributed by atoms with van der Waals surface area (Å²) in [6, 6.07) is 3.99.